The number of nitrogens with one attached hydrogen (secondary N) is 1. The van der Waals surface area contributed by atoms with Gasteiger partial charge in [0.15, 0.2) is 0 Å². The molecular weight excluding hydrogens is 316 g/mol. The average Bonchev–Trinajstić information content (AvgIpc) is 3.17. The number of aromatic nitrogens is 1. The standard InChI is InChI=1S/C12H17BrN2O2S/c13-9-12(4-5-12)10-15-18(16,17)8-3-11-1-6-14-7-2-11/h1-2,6-7,15H,3-5,8-10H2. The van der Waals surface area contributed by atoms with Gasteiger partial charge in [-0.2, -0.15) is 0 Å². The van der Waals surface area contributed by atoms with Crippen LogP contribution in [0.2, 0.25) is 0 Å². The van der Waals surface area contributed by atoms with Gasteiger partial charge in [0, 0.05) is 24.3 Å². The predicted molar refractivity (Wildman–Crippen MR) is 75.2 cm³/mol. The van der Waals surface area contributed by atoms with Crippen LogP contribution in [0.4, 0.5) is 0 Å². The minimum Gasteiger partial charge on any atom is -0.265 e. The highest BCUT2D eigenvalue weighted by Crippen LogP contribution is 2.46. The van der Waals surface area contributed by atoms with Gasteiger partial charge in [-0.15, -0.1) is 0 Å². The van der Waals surface area contributed by atoms with Crippen molar-refractivity contribution in [3.8, 4) is 0 Å². The Labute approximate surface area is 116 Å². The maximum atomic E-state index is 11.9. The van der Waals surface area contributed by atoms with E-state index in [-0.39, 0.29) is 11.2 Å². The lowest BCUT2D eigenvalue weighted by Crippen LogP contribution is -2.33. The highest BCUT2D eigenvalue weighted by Gasteiger charge is 2.41. The van der Waals surface area contributed by atoms with Crippen molar-refractivity contribution < 1.29 is 8.42 Å². The molecule has 1 fully saturated rings. The number of aryl methyl sites for hydroxylation is 1. The Bertz CT molecular complexity index is 486. The van der Waals surface area contributed by atoms with Crippen LogP contribution in [0.1, 0.15) is 18.4 Å². The summed E-state index contributed by atoms with van der Waals surface area (Å²) in [5, 5.41) is 0.868. The van der Waals surface area contributed by atoms with E-state index in [1.54, 1.807) is 12.4 Å². The molecule has 1 heterocycles. The number of pyridine rings is 1. The van der Waals surface area contributed by atoms with Crippen molar-refractivity contribution in [3.63, 3.8) is 0 Å². The first-order valence-corrected chi connectivity index (χ1v) is 8.75. The van der Waals surface area contributed by atoms with Gasteiger partial charge in [-0.25, -0.2) is 13.1 Å². The second kappa shape index (κ2) is 5.67. The molecule has 0 aromatic carbocycles. The molecule has 1 aliphatic rings. The van der Waals surface area contributed by atoms with E-state index < -0.39 is 10.0 Å². The topological polar surface area (TPSA) is 59.1 Å². The molecule has 100 valence electrons. The summed E-state index contributed by atoms with van der Waals surface area (Å²) in [6.07, 6.45) is 6.09. The number of sulfonamides is 1. The molecule has 2 rings (SSSR count). The Morgan fingerprint density at radius 3 is 2.56 bits per heavy atom. The van der Waals surface area contributed by atoms with Gasteiger partial charge in [-0.1, -0.05) is 15.9 Å². The van der Waals surface area contributed by atoms with Crippen LogP contribution in [0, 0.1) is 5.41 Å². The molecular formula is C12H17BrN2O2S. The number of rotatable bonds is 7. The number of nitrogens with zero attached hydrogens (tertiary/aromatic N) is 1. The highest BCUT2D eigenvalue weighted by atomic mass is 79.9. The SMILES string of the molecule is O=S(=O)(CCc1ccncc1)NCC1(CBr)CC1. The van der Waals surface area contributed by atoms with Crippen molar-refractivity contribution in [2.75, 3.05) is 17.6 Å². The van der Waals surface area contributed by atoms with Gasteiger partial charge < -0.3 is 0 Å². The Balaban J connectivity index is 1.81. The lowest BCUT2D eigenvalue weighted by molar-refractivity contribution is 0.538. The highest BCUT2D eigenvalue weighted by molar-refractivity contribution is 9.09. The lowest BCUT2D eigenvalue weighted by atomic mass is 10.1. The maximum absolute atomic E-state index is 11.9. The molecule has 1 aliphatic carbocycles. The minimum atomic E-state index is -3.17. The quantitative estimate of drug-likeness (QED) is 0.773. The molecule has 1 N–H and O–H groups in total. The van der Waals surface area contributed by atoms with E-state index in [2.05, 4.69) is 25.6 Å². The van der Waals surface area contributed by atoms with Crippen LogP contribution in [0.25, 0.3) is 0 Å². The summed E-state index contributed by atoms with van der Waals surface area (Å²) in [6.45, 7) is 0.553. The maximum Gasteiger partial charge on any atom is 0.211 e. The molecule has 0 unspecified atom stereocenters. The largest absolute Gasteiger partial charge is 0.265 e. The zero-order valence-corrected chi connectivity index (χ0v) is 12.5. The van der Waals surface area contributed by atoms with Crippen molar-refractivity contribution in [2.45, 2.75) is 19.3 Å². The second-order valence-corrected chi connectivity index (χ2v) is 7.37. The van der Waals surface area contributed by atoms with Gasteiger partial charge in [0.1, 0.15) is 0 Å². The first-order chi connectivity index (χ1) is 8.55. The summed E-state index contributed by atoms with van der Waals surface area (Å²) in [5.74, 6) is 0.134. The van der Waals surface area contributed by atoms with Crippen LogP contribution in [0.15, 0.2) is 24.5 Å². The predicted octanol–water partition coefficient (Wildman–Crippen LogP) is 1.72. The van der Waals surface area contributed by atoms with Crippen molar-refractivity contribution in [2.24, 2.45) is 5.41 Å². The molecule has 0 bridgehead atoms. The molecule has 0 aliphatic heterocycles. The van der Waals surface area contributed by atoms with Crippen LogP contribution in [-0.2, 0) is 16.4 Å². The summed E-state index contributed by atoms with van der Waals surface area (Å²) in [6, 6.07) is 3.69. The molecule has 6 heteroatoms. The van der Waals surface area contributed by atoms with E-state index in [0.29, 0.717) is 13.0 Å². The molecule has 18 heavy (non-hydrogen) atoms. The molecule has 0 atom stereocenters. The lowest BCUT2D eigenvalue weighted by Gasteiger charge is -2.12. The number of halogens is 1. The van der Waals surface area contributed by atoms with Gasteiger partial charge >= 0.3 is 0 Å². The zero-order valence-electron chi connectivity index (χ0n) is 10.1. The van der Waals surface area contributed by atoms with Crippen molar-refractivity contribution in [3.05, 3.63) is 30.1 Å². The van der Waals surface area contributed by atoms with Crippen LogP contribution >= 0.6 is 15.9 Å². The Morgan fingerprint density at radius 2 is 2.00 bits per heavy atom. The van der Waals surface area contributed by atoms with Gasteiger partial charge in [-0.05, 0) is 42.4 Å². The second-order valence-electron chi connectivity index (χ2n) is 4.88. The van der Waals surface area contributed by atoms with Crippen LogP contribution < -0.4 is 4.72 Å². The van der Waals surface area contributed by atoms with Crippen molar-refractivity contribution in [1.29, 1.82) is 0 Å². The first-order valence-electron chi connectivity index (χ1n) is 5.98. The van der Waals surface area contributed by atoms with E-state index >= 15 is 0 Å². The molecule has 0 saturated heterocycles. The van der Waals surface area contributed by atoms with Gasteiger partial charge in [0.05, 0.1) is 5.75 Å². The molecule has 4 nitrogen and oxygen atoms in total. The minimum absolute atomic E-state index is 0.134. The Morgan fingerprint density at radius 1 is 1.33 bits per heavy atom. The van der Waals surface area contributed by atoms with E-state index in [4.69, 9.17) is 0 Å². The van der Waals surface area contributed by atoms with Crippen LogP contribution in [0.5, 0.6) is 0 Å². The smallest absolute Gasteiger partial charge is 0.211 e. The molecule has 1 saturated carbocycles. The summed E-state index contributed by atoms with van der Waals surface area (Å²) in [5.41, 5.74) is 1.17. The summed E-state index contributed by atoms with van der Waals surface area (Å²) in [4.78, 5) is 3.91. The number of hydrogen-bond donors (Lipinski definition) is 1. The van der Waals surface area contributed by atoms with Crippen LogP contribution in [0.3, 0.4) is 0 Å². The van der Waals surface area contributed by atoms with Gasteiger partial charge in [0.2, 0.25) is 10.0 Å². The summed E-state index contributed by atoms with van der Waals surface area (Å²) in [7, 11) is -3.17. The monoisotopic (exact) mass is 332 g/mol. The summed E-state index contributed by atoms with van der Waals surface area (Å²) < 4.78 is 26.4. The molecule has 1 aromatic rings. The normalized spacial score (nSPS) is 17.6. The fraction of sp³-hybridized carbons (Fsp3) is 0.583. The molecule has 0 spiro atoms. The average molecular weight is 333 g/mol. The number of alkyl halides is 1. The van der Waals surface area contributed by atoms with E-state index in [0.717, 1.165) is 23.7 Å². The fourth-order valence-electron chi connectivity index (χ4n) is 1.67. The van der Waals surface area contributed by atoms with Crippen LogP contribution in [-0.4, -0.2) is 31.0 Å². The molecule has 0 amide bonds. The van der Waals surface area contributed by atoms with Gasteiger partial charge in [0.25, 0.3) is 0 Å². The van der Waals surface area contributed by atoms with E-state index in [9.17, 15) is 8.42 Å². The Hall–Kier alpha value is -0.460. The first kappa shape index (κ1) is 14.0. The third-order valence-electron chi connectivity index (χ3n) is 3.32. The fourth-order valence-corrected chi connectivity index (χ4v) is 3.61. The number of hydrogen-bond acceptors (Lipinski definition) is 3. The third-order valence-corrected chi connectivity index (χ3v) is 5.83. The molecule has 1 aromatic heterocycles. The van der Waals surface area contributed by atoms with E-state index in [1.165, 1.54) is 0 Å². The van der Waals surface area contributed by atoms with E-state index in [1.807, 2.05) is 12.1 Å². The zero-order chi connectivity index (χ0) is 13.1. The van der Waals surface area contributed by atoms with Crippen molar-refractivity contribution in [1.82, 2.24) is 9.71 Å². The van der Waals surface area contributed by atoms with Gasteiger partial charge in [-0.3, -0.25) is 4.98 Å². The summed E-state index contributed by atoms with van der Waals surface area (Å²) >= 11 is 3.44. The van der Waals surface area contributed by atoms with Crippen molar-refractivity contribution >= 4 is 26.0 Å². The molecule has 0 radical (unpaired) electrons. The third kappa shape index (κ3) is 4.03. The Kier molecular flexibility index (Phi) is 4.40.